The predicted molar refractivity (Wildman–Crippen MR) is 232 cm³/mol. The second-order valence-corrected chi connectivity index (χ2v) is 14.6. The first-order valence-electron chi connectivity index (χ1n) is 18.4. The number of nitrogens with one attached hydrogen (secondary N) is 2. The molecule has 3 heterocycles. The summed E-state index contributed by atoms with van der Waals surface area (Å²) >= 11 is 1.71. The Bertz CT molecular complexity index is 3050. The minimum absolute atomic E-state index is 0.573. The van der Waals surface area contributed by atoms with E-state index >= 15 is 0 Å². The standard InChI is InChI=1S/C48H34N6OS/c49-46(33-19-12-18-32(28-33)30-14-4-1-5-15-30)52-48(54-53-35-20-8-3-9-21-35)34-26-27-36-37-23-13-24-39(44(37)55-40(36)29-34)43-45-42(38-22-10-11-25-41(38)56-45)50-47(51-43)31-16-6-2-7-17-31/h1-29,46,53H,49H2,(H,52,54). The average Bonchev–Trinajstić information content (AvgIpc) is 3.84. The molecular weight excluding hydrogens is 709 g/mol. The van der Waals surface area contributed by atoms with Gasteiger partial charge in [-0.15, -0.1) is 11.3 Å². The first-order chi connectivity index (χ1) is 27.7. The number of hydrazine groups is 1. The third-order valence-corrected chi connectivity index (χ3v) is 11.1. The van der Waals surface area contributed by atoms with Crippen LogP contribution in [-0.4, -0.2) is 15.8 Å². The van der Waals surface area contributed by atoms with Gasteiger partial charge < -0.3 is 10.2 Å². The maximum Gasteiger partial charge on any atom is 0.160 e. The molecule has 0 bridgehead atoms. The quantitative estimate of drug-likeness (QED) is 0.0814. The number of nitrogens with two attached hydrogens (primary N) is 1. The van der Waals surface area contributed by atoms with Crippen LogP contribution in [0.5, 0.6) is 0 Å². The van der Waals surface area contributed by atoms with Gasteiger partial charge in [0.1, 0.15) is 23.2 Å². The highest BCUT2D eigenvalue weighted by molar-refractivity contribution is 7.26. The molecule has 1 unspecified atom stereocenters. The Balaban J connectivity index is 1.09. The average molecular weight is 743 g/mol. The zero-order valence-electron chi connectivity index (χ0n) is 30.1. The summed E-state index contributed by atoms with van der Waals surface area (Å²) in [4.78, 5) is 15.4. The SMILES string of the molecule is NC(N=C(NNc1ccccc1)c1ccc2c(c1)oc1c(-c3nc(-c4ccccc4)nc4c3sc3ccccc34)cccc12)c1cccc(-c2ccccc2)c1. The molecule has 0 saturated heterocycles. The third kappa shape index (κ3) is 6.22. The van der Waals surface area contributed by atoms with Gasteiger partial charge in [0.25, 0.3) is 0 Å². The number of hydrogen-bond donors (Lipinski definition) is 3. The number of benzene rings is 7. The van der Waals surface area contributed by atoms with Gasteiger partial charge in [-0.1, -0.05) is 133 Å². The van der Waals surface area contributed by atoms with Crippen molar-refractivity contribution in [1.29, 1.82) is 0 Å². The maximum atomic E-state index is 6.85. The molecule has 0 fully saturated rings. The van der Waals surface area contributed by atoms with Gasteiger partial charge in [-0.05, 0) is 59.2 Å². The molecule has 0 aliphatic carbocycles. The number of anilines is 1. The summed E-state index contributed by atoms with van der Waals surface area (Å²) in [6, 6.07) is 59.4. The molecule has 4 N–H and O–H groups in total. The molecule has 10 rings (SSSR count). The van der Waals surface area contributed by atoms with Crippen molar-refractivity contribution in [3.05, 3.63) is 187 Å². The van der Waals surface area contributed by atoms with Gasteiger partial charge in [0, 0.05) is 37.5 Å². The maximum absolute atomic E-state index is 6.85. The van der Waals surface area contributed by atoms with E-state index in [1.807, 2.05) is 84.9 Å². The summed E-state index contributed by atoms with van der Waals surface area (Å²) in [6.45, 7) is 0. The van der Waals surface area contributed by atoms with Crippen LogP contribution in [0.15, 0.2) is 185 Å². The fourth-order valence-corrected chi connectivity index (χ4v) is 8.35. The fraction of sp³-hybridized carbons (Fsp3) is 0.0208. The highest BCUT2D eigenvalue weighted by atomic mass is 32.1. The van der Waals surface area contributed by atoms with Gasteiger partial charge in [-0.3, -0.25) is 10.9 Å². The Labute approximate surface area is 326 Å². The molecule has 10 aromatic rings. The van der Waals surface area contributed by atoms with Crippen LogP contribution in [0.25, 0.3) is 76.0 Å². The second-order valence-electron chi connectivity index (χ2n) is 13.6. The highest BCUT2D eigenvalue weighted by Crippen LogP contribution is 2.43. The lowest BCUT2D eigenvalue weighted by atomic mass is 10.0. The van der Waals surface area contributed by atoms with Crippen molar-refractivity contribution in [3.63, 3.8) is 0 Å². The zero-order valence-corrected chi connectivity index (χ0v) is 30.9. The Morgan fingerprint density at radius 1 is 0.625 bits per heavy atom. The van der Waals surface area contributed by atoms with Crippen molar-refractivity contribution in [2.24, 2.45) is 10.7 Å². The predicted octanol–water partition coefficient (Wildman–Crippen LogP) is 11.8. The van der Waals surface area contributed by atoms with Crippen LogP contribution in [0.2, 0.25) is 0 Å². The minimum Gasteiger partial charge on any atom is -0.455 e. The second kappa shape index (κ2) is 14.3. The molecule has 0 saturated carbocycles. The van der Waals surface area contributed by atoms with Gasteiger partial charge >= 0.3 is 0 Å². The van der Waals surface area contributed by atoms with E-state index in [9.17, 15) is 0 Å². The topological polar surface area (TPSA) is 101 Å². The summed E-state index contributed by atoms with van der Waals surface area (Å²) in [7, 11) is 0. The number of thiophene rings is 1. The molecule has 0 aliphatic heterocycles. The monoisotopic (exact) mass is 742 g/mol. The van der Waals surface area contributed by atoms with E-state index in [4.69, 9.17) is 25.1 Å². The fourth-order valence-electron chi connectivity index (χ4n) is 7.20. The van der Waals surface area contributed by atoms with E-state index in [0.717, 1.165) is 87.0 Å². The molecule has 0 radical (unpaired) electrons. The Hall–Kier alpha value is -7.13. The number of aromatic nitrogens is 2. The Morgan fingerprint density at radius 3 is 2.14 bits per heavy atom. The van der Waals surface area contributed by atoms with Crippen LogP contribution in [0.1, 0.15) is 17.3 Å². The number of amidine groups is 1. The van der Waals surface area contributed by atoms with Crippen LogP contribution >= 0.6 is 11.3 Å². The van der Waals surface area contributed by atoms with E-state index < -0.39 is 6.17 Å². The molecule has 7 aromatic carbocycles. The number of nitrogens with zero attached hydrogens (tertiary/aromatic N) is 3. The Morgan fingerprint density at radius 2 is 1.32 bits per heavy atom. The molecule has 8 heteroatoms. The molecule has 3 aromatic heterocycles. The first kappa shape index (κ1) is 33.4. The zero-order chi connectivity index (χ0) is 37.4. The van der Waals surface area contributed by atoms with Crippen LogP contribution in [0.3, 0.4) is 0 Å². The Kier molecular flexibility index (Phi) is 8.52. The van der Waals surface area contributed by atoms with Crippen LogP contribution < -0.4 is 16.6 Å². The van der Waals surface area contributed by atoms with Crippen molar-refractivity contribution in [1.82, 2.24) is 15.4 Å². The van der Waals surface area contributed by atoms with Crippen LogP contribution in [-0.2, 0) is 0 Å². The first-order valence-corrected chi connectivity index (χ1v) is 19.2. The minimum atomic E-state index is -0.642. The summed E-state index contributed by atoms with van der Waals surface area (Å²) in [5, 5.41) is 3.11. The van der Waals surface area contributed by atoms with Gasteiger partial charge in [-0.2, -0.15) is 0 Å². The molecule has 0 spiro atoms. The van der Waals surface area contributed by atoms with E-state index in [0.29, 0.717) is 11.7 Å². The molecular formula is C48H34N6OS. The lowest BCUT2D eigenvalue weighted by molar-refractivity contribution is 0.669. The van der Waals surface area contributed by atoms with E-state index in [2.05, 4.69) is 102 Å². The molecule has 7 nitrogen and oxygen atoms in total. The van der Waals surface area contributed by atoms with E-state index in [1.54, 1.807) is 11.3 Å². The lowest BCUT2D eigenvalue weighted by Gasteiger charge is -2.16. The van der Waals surface area contributed by atoms with Gasteiger partial charge in [0.05, 0.1) is 21.6 Å². The normalized spacial score (nSPS) is 12.4. The third-order valence-electron chi connectivity index (χ3n) is 9.98. The number of hydrogen-bond acceptors (Lipinski definition) is 7. The molecule has 0 amide bonds. The highest BCUT2D eigenvalue weighted by Gasteiger charge is 2.21. The van der Waals surface area contributed by atoms with Crippen molar-refractivity contribution >= 4 is 65.1 Å². The van der Waals surface area contributed by atoms with Gasteiger partial charge in [0.15, 0.2) is 5.82 Å². The summed E-state index contributed by atoms with van der Waals surface area (Å²) in [6.07, 6.45) is -0.642. The number of aliphatic imine (C=N–C) groups is 1. The van der Waals surface area contributed by atoms with Gasteiger partial charge in [-0.25, -0.2) is 15.0 Å². The van der Waals surface area contributed by atoms with E-state index in [-0.39, 0.29) is 0 Å². The molecule has 0 aliphatic rings. The number of rotatable bonds is 8. The van der Waals surface area contributed by atoms with Crippen molar-refractivity contribution < 1.29 is 4.42 Å². The number of fused-ring (bicyclic) bond motifs is 6. The lowest BCUT2D eigenvalue weighted by Crippen LogP contribution is -2.31. The largest absolute Gasteiger partial charge is 0.455 e. The summed E-state index contributed by atoms with van der Waals surface area (Å²) in [5.74, 6) is 1.25. The smallest absolute Gasteiger partial charge is 0.160 e. The summed E-state index contributed by atoms with van der Waals surface area (Å²) in [5.41, 5.74) is 23.5. The van der Waals surface area contributed by atoms with Crippen LogP contribution in [0.4, 0.5) is 5.69 Å². The van der Waals surface area contributed by atoms with Crippen molar-refractivity contribution in [2.75, 3.05) is 5.43 Å². The summed E-state index contributed by atoms with van der Waals surface area (Å²) < 4.78 is 9.01. The van der Waals surface area contributed by atoms with Crippen molar-refractivity contribution in [3.8, 4) is 33.8 Å². The van der Waals surface area contributed by atoms with Crippen molar-refractivity contribution in [2.45, 2.75) is 6.17 Å². The molecule has 56 heavy (non-hydrogen) atoms. The van der Waals surface area contributed by atoms with Gasteiger partial charge in [0.2, 0.25) is 0 Å². The van der Waals surface area contributed by atoms with E-state index in [1.165, 1.54) is 0 Å². The molecule has 268 valence electrons. The molecule has 1 atom stereocenters. The number of furan rings is 1. The van der Waals surface area contributed by atoms with Crippen LogP contribution in [0, 0.1) is 0 Å². The number of para-hydroxylation sites is 2.